The van der Waals surface area contributed by atoms with Gasteiger partial charge in [-0.3, -0.25) is 19.0 Å². The van der Waals surface area contributed by atoms with Crippen LogP contribution in [0, 0.1) is 11.8 Å². The van der Waals surface area contributed by atoms with Gasteiger partial charge in [-0.15, -0.1) is 0 Å². The third kappa shape index (κ3) is 5.24. The van der Waals surface area contributed by atoms with Gasteiger partial charge in [-0.25, -0.2) is 4.98 Å². The van der Waals surface area contributed by atoms with Crippen molar-refractivity contribution >= 4 is 28.5 Å². The highest BCUT2D eigenvalue weighted by molar-refractivity contribution is 5.83. The summed E-state index contributed by atoms with van der Waals surface area (Å²) in [4.78, 5) is 45.6. The average Bonchev–Trinajstić information content (AvgIpc) is 3.51. The molecule has 4 atom stereocenters. The first kappa shape index (κ1) is 25.0. The summed E-state index contributed by atoms with van der Waals surface area (Å²) in [5.41, 5.74) is 2.11. The van der Waals surface area contributed by atoms with Crippen LogP contribution in [0.2, 0.25) is 0 Å². The SMILES string of the molecule is CC(C)C[C@@H](C(=O)N[C@@H](CC(=O)O)c1cccc(N2CC3CCC2C3)c1)n1cnc2ccccc2c1=O. The molecule has 2 aliphatic rings. The number of aliphatic carboxylic acids is 1. The number of aromatic nitrogens is 2. The van der Waals surface area contributed by atoms with Gasteiger partial charge < -0.3 is 15.3 Å². The Hall–Kier alpha value is -3.68. The van der Waals surface area contributed by atoms with Gasteiger partial charge in [-0.2, -0.15) is 0 Å². The van der Waals surface area contributed by atoms with E-state index < -0.39 is 18.1 Å². The number of carbonyl (C=O) groups excluding carboxylic acids is 1. The standard InChI is InChI=1S/C29H34N4O4/c1-18(2)12-26(33-17-30-24-9-4-3-8-23(24)29(33)37)28(36)31-25(15-27(34)35)20-6-5-7-21(14-20)32-16-19-10-11-22(32)13-19/h3-9,14,17-19,22,25-26H,10-13,15-16H2,1-2H3,(H,31,36)(H,34,35)/t19?,22?,25-,26-/m0/s1. The minimum Gasteiger partial charge on any atom is -0.481 e. The monoisotopic (exact) mass is 502 g/mol. The minimum absolute atomic E-state index is 0.126. The van der Waals surface area contributed by atoms with Gasteiger partial charge in [-0.05, 0) is 67.3 Å². The molecule has 2 fully saturated rings. The van der Waals surface area contributed by atoms with Gasteiger partial charge in [0.25, 0.3) is 5.56 Å². The van der Waals surface area contributed by atoms with Crippen molar-refractivity contribution in [3.8, 4) is 0 Å². The van der Waals surface area contributed by atoms with Crippen molar-refractivity contribution in [3.63, 3.8) is 0 Å². The van der Waals surface area contributed by atoms with Gasteiger partial charge in [0.2, 0.25) is 5.91 Å². The molecule has 1 amide bonds. The van der Waals surface area contributed by atoms with Crippen LogP contribution in [0.1, 0.15) is 63.6 Å². The van der Waals surface area contributed by atoms with Gasteiger partial charge in [0.15, 0.2) is 0 Å². The van der Waals surface area contributed by atoms with E-state index in [1.165, 1.54) is 30.2 Å². The van der Waals surface area contributed by atoms with Crippen LogP contribution < -0.4 is 15.8 Å². The van der Waals surface area contributed by atoms with Crippen molar-refractivity contribution < 1.29 is 14.7 Å². The van der Waals surface area contributed by atoms with E-state index in [0.717, 1.165) is 23.7 Å². The van der Waals surface area contributed by atoms with E-state index in [-0.39, 0.29) is 23.8 Å². The molecule has 8 heteroatoms. The molecule has 5 rings (SSSR count). The van der Waals surface area contributed by atoms with E-state index >= 15 is 0 Å². The van der Waals surface area contributed by atoms with Gasteiger partial charge >= 0.3 is 5.97 Å². The van der Waals surface area contributed by atoms with Gasteiger partial charge in [0, 0.05) is 18.3 Å². The summed E-state index contributed by atoms with van der Waals surface area (Å²) in [6.45, 7) is 5.00. The highest BCUT2D eigenvalue weighted by atomic mass is 16.4. The highest BCUT2D eigenvalue weighted by Gasteiger charge is 2.38. The molecule has 1 saturated carbocycles. The number of carbonyl (C=O) groups is 2. The first-order valence-electron chi connectivity index (χ1n) is 13.1. The largest absolute Gasteiger partial charge is 0.481 e. The second-order valence-corrected chi connectivity index (χ2v) is 10.9. The number of carboxylic acids is 1. The van der Waals surface area contributed by atoms with E-state index in [0.29, 0.717) is 23.4 Å². The zero-order chi connectivity index (χ0) is 26.1. The topological polar surface area (TPSA) is 105 Å². The number of fused-ring (bicyclic) bond motifs is 3. The maximum atomic E-state index is 13.7. The smallest absolute Gasteiger partial charge is 0.305 e. The molecule has 1 aromatic heterocycles. The number of hydrogen-bond donors (Lipinski definition) is 2. The summed E-state index contributed by atoms with van der Waals surface area (Å²) >= 11 is 0. The third-order valence-corrected chi connectivity index (χ3v) is 7.73. The average molecular weight is 503 g/mol. The lowest BCUT2D eigenvalue weighted by molar-refractivity contribution is -0.138. The van der Waals surface area contributed by atoms with E-state index in [9.17, 15) is 19.5 Å². The number of hydrogen-bond acceptors (Lipinski definition) is 5. The first-order valence-corrected chi connectivity index (χ1v) is 13.1. The van der Waals surface area contributed by atoms with Crippen molar-refractivity contribution in [1.82, 2.24) is 14.9 Å². The Bertz CT molecular complexity index is 1370. The molecule has 1 aliphatic carbocycles. The van der Waals surface area contributed by atoms with E-state index in [2.05, 4.69) is 21.3 Å². The third-order valence-electron chi connectivity index (χ3n) is 7.73. The predicted molar refractivity (Wildman–Crippen MR) is 143 cm³/mol. The molecule has 2 N–H and O–H groups in total. The summed E-state index contributed by atoms with van der Waals surface area (Å²) in [7, 11) is 0. The van der Waals surface area contributed by atoms with Crippen molar-refractivity contribution in [2.24, 2.45) is 11.8 Å². The lowest BCUT2D eigenvalue weighted by atomic mass is 9.99. The fourth-order valence-electron chi connectivity index (χ4n) is 5.95. The van der Waals surface area contributed by atoms with Crippen LogP contribution >= 0.6 is 0 Å². The van der Waals surface area contributed by atoms with Gasteiger partial charge in [0.1, 0.15) is 6.04 Å². The number of nitrogens with zero attached hydrogens (tertiary/aromatic N) is 3. The molecule has 1 aliphatic heterocycles. The van der Waals surface area contributed by atoms with E-state index in [1.54, 1.807) is 18.2 Å². The van der Waals surface area contributed by atoms with E-state index in [4.69, 9.17) is 0 Å². The van der Waals surface area contributed by atoms with Crippen LogP contribution in [0.4, 0.5) is 5.69 Å². The molecule has 2 aromatic carbocycles. The highest BCUT2D eigenvalue weighted by Crippen LogP contribution is 2.40. The molecule has 2 bridgehead atoms. The Kier molecular flexibility index (Phi) is 7.00. The number of rotatable bonds is 9. The number of amides is 1. The number of anilines is 1. The minimum atomic E-state index is -0.999. The molecule has 0 spiro atoms. The number of benzene rings is 2. The maximum absolute atomic E-state index is 13.7. The summed E-state index contributed by atoms with van der Waals surface area (Å²) in [6, 6.07) is 13.9. The summed E-state index contributed by atoms with van der Waals surface area (Å²) in [5, 5.41) is 13.1. The molecule has 3 aromatic rings. The Morgan fingerprint density at radius 2 is 1.95 bits per heavy atom. The molecule has 2 unspecified atom stereocenters. The van der Waals surface area contributed by atoms with Crippen LogP contribution in [-0.2, 0) is 9.59 Å². The van der Waals surface area contributed by atoms with Crippen molar-refractivity contribution in [2.45, 2.75) is 64.1 Å². The zero-order valence-electron chi connectivity index (χ0n) is 21.3. The Morgan fingerprint density at radius 3 is 2.65 bits per heavy atom. The second kappa shape index (κ2) is 10.4. The second-order valence-electron chi connectivity index (χ2n) is 10.9. The molecule has 37 heavy (non-hydrogen) atoms. The fraction of sp³-hybridized carbons (Fsp3) is 0.448. The number of para-hydroxylation sites is 1. The normalized spacial score (nSPS) is 20.4. The summed E-state index contributed by atoms with van der Waals surface area (Å²) in [5.74, 6) is -0.527. The molecule has 8 nitrogen and oxygen atoms in total. The Balaban J connectivity index is 1.44. The zero-order valence-corrected chi connectivity index (χ0v) is 21.3. The molecular formula is C29H34N4O4. The summed E-state index contributed by atoms with van der Waals surface area (Å²) in [6.07, 6.45) is 5.27. The molecule has 1 saturated heterocycles. The molecule has 0 radical (unpaired) electrons. The van der Waals surface area contributed by atoms with Gasteiger partial charge in [0.05, 0.1) is 29.7 Å². The Labute approximate surface area is 216 Å². The number of nitrogens with one attached hydrogen (secondary N) is 1. The molecule has 2 heterocycles. The number of piperidine rings is 1. The molecular weight excluding hydrogens is 468 g/mol. The quantitative estimate of drug-likeness (QED) is 0.452. The summed E-state index contributed by atoms with van der Waals surface area (Å²) < 4.78 is 1.38. The van der Waals surface area contributed by atoms with E-state index in [1.807, 2.05) is 38.1 Å². The first-order chi connectivity index (χ1) is 17.8. The van der Waals surface area contributed by atoms with Crippen LogP contribution in [0.5, 0.6) is 0 Å². The predicted octanol–water partition coefficient (Wildman–Crippen LogP) is 4.30. The number of carboxylic acid groups (broad SMARTS) is 1. The van der Waals surface area contributed by atoms with Crippen LogP contribution in [0.3, 0.4) is 0 Å². The van der Waals surface area contributed by atoms with Crippen molar-refractivity contribution in [2.75, 3.05) is 11.4 Å². The van der Waals surface area contributed by atoms with Crippen molar-refractivity contribution in [1.29, 1.82) is 0 Å². The lowest BCUT2D eigenvalue weighted by Crippen LogP contribution is -2.40. The van der Waals surface area contributed by atoms with Crippen molar-refractivity contribution in [3.05, 3.63) is 70.8 Å². The maximum Gasteiger partial charge on any atom is 0.305 e. The van der Waals surface area contributed by atoms with Crippen LogP contribution in [-0.4, -0.2) is 39.1 Å². The Morgan fingerprint density at radius 1 is 1.14 bits per heavy atom. The van der Waals surface area contributed by atoms with Crippen LogP contribution in [0.25, 0.3) is 10.9 Å². The molecule has 194 valence electrons. The fourth-order valence-corrected chi connectivity index (χ4v) is 5.95. The van der Waals surface area contributed by atoms with Crippen LogP contribution in [0.15, 0.2) is 59.7 Å². The van der Waals surface area contributed by atoms with Gasteiger partial charge in [-0.1, -0.05) is 38.1 Å². The lowest BCUT2D eigenvalue weighted by Gasteiger charge is -2.30.